The van der Waals surface area contributed by atoms with Crippen LogP contribution in [-0.2, 0) is 14.1 Å². The molecule has 1 rings (SSSR count). The van der Waals surface area contributed by atoms with Gasteiger partial charge in [-0.2, -0.15) is 0 Å². The molecular weight excluding hydrogens is 155 g/mol. The normalized spacial score (nSPS) is 17.7. The predicted molar refractivity (Wildman–Crippen MR) is 36.3 cm³/mol. The van der Waals surface area contributed by atoms with Gasteiger partial charge in [0.2, 0.25) is 0 Å². The van der Waals surface area contributed by atoms with Gasteiger partial charge in [0.15, 0.2) is 0 Å². The zero-order valence-corrected chi connectivity index (χ0v) is 6.32. The highest BCUT2D eigenvalue weighted by atomic mass is 31.0. The average molecular weight is 162 g/mol. The minimum absolute atomic E-state index is 0.0348. The van der Waals surface area contributed by atoms with Crippen molar-refractivity contribution in [1.29, 1.82) is 0 Å². The molecule has 0 aromatic rings. The molecule has 0 amide bonds. The molecule has 0 bridgehead atoms. The fourth-order valence-corrected chi connectivity index (χ4v) is 0.810. The predicted octanol–water partition coefficient (Wildman–Crippen LogP) is 0.162. The lowest BCUT2D eigenvalue weighted by molar-refractivity contribution is -0.129. The Morgan fingerprint density at radius 3 is 2.80 bits per heavy atom. The summed E-state index contributed by atoms with van der Waals surface area (Å²) in [7, 11) is 1.81. The number of aliphatic hydroxyl groups is 1. The first-order chi connectivity index (χ1) is 4.75. The number of ether oxygens (including phenoxy) is 1. The topological polar surface area (TPSA) is 55.8 Å². The van der Waals surface area contributed by atoms with Crippen molar-refractivity contribution >= 4 is 15.4 Å². The first kappa shape index (κ1) is 7.51. The SMILES string of the molecule is O=C(OP)C1=C(O)COC1. The van der Waals surface area contributed by atoms with E-state index in [4.69, 9.17) is 9.84 Å². The molecule has 1 heterocycles. The third kappa shape index (κ3) is 1.28. The average Bonchev–Trinajstić information content (AvgIpc) is 2.34. The highest BCUT2D eigenvalue weighted by Gasteiger charge is 2.21. The van der Waals surface area contributed by atoms with E-state index in [9.17, 15) is 4.79 Å². The first-order valence-corrected chi connectivity index (χ1v) is 3.12. The van der Waals surface area contributed by atoms with E-state index in [0.29, 0.717) is 0 Å². The Labute approximate surface area is 60.1 Å². The molecule has 5 heteroatoms. The van der Waals surface area contributed by atoms with Gasteiger partial charge >= 0.3 is 5.97 Å². The van der Waals surface area contributed by atoms with Gasteiger partial charge in [0.1, 0.15) is 17.9 Å². The van der Waals surface area contributed by atoms with Gasteiger partial charge in [0.25, 0.3) is 0 Å². The molecule has 4 nitrogen and oxygen atoms in total. The van der Waals surface area contributed by atoms with Crippen LogP contribution in [0.15, 0.2) is 11.3 Å². The van der Waals surface area contributed by atoms with Crippen molar-refractivity contribution in [3.63, 3.8) is 0 Å². The van der Waals surface area contributed by atoms with Crippen molar-refractivity contribution in [2.24, 2.45) is 0 Å². The second kappa shape index (κ2) is 2.99. The number of rotatable bonds is 1. The van der Waals surface area contributed by atoms with Crippen molar-refractivity contribution in [2.45, 2.75) is 0 Å². The Hall–Kier alpha value is -0.600. The van der Waals surface area contributed by atoms with E-state index in [2.05, 4.69) is 4.52 Å². The fraction of sp³-hybridized carbons (Fsp3) is 0.400. The minimum atomic E-state index is -0.556. The van der Waals surface area contributed by atoms with Gasteiger partial charge in [0, 0.05) is 0 Å². The maximum absolute atomic E-state index is 10.7. The van der Waals surface area contributed by atoms with Crippen LogP contribution in [-0.4, -0.2) is 24.3 Å². The third-order valence-corrected chi connectivity index (χ3v) is 1.40. The summed E-state index contributed by atoms with van der Waals surface area (Å²) in [5, 5.41) is 8.93. The van der Waals surface area contributed by atoms with E-state index >= 15 is 0 Å². The van der Waals surface area contributed by atoms with Crippen molar-refractivity contribution in [2.75, 3.05) is 13.2 Å². The van der Waals surface area contributed by atoms with Crippen LogP contribution in [0.1, 0.15) is 0 Å². The van der Waals surface area contributed by atoms with E-state index in [1.165, 1.54) is 0 Å². The van der Waals surface area contributed by atoms with Crippen LogP contribution < -0.4 is 0 Å². The number of carbonyl (C=O) groups is 1. The number of hydrogen-bond donors (Lipinski definition) is 1. The molecule has 0 aromatic heterocycles. The van der Waals surface area contributed by atoms with Gasteiger partial charge < -0.3 is 14.4 Å². The quantitative estimate of drug-likeness (QED) is 0.558. The van der Waals surface area contributed by atoms with Gasteiger partial charge in [0.05, 0.1) is 16.1 Å². The summed E-state index contributed by atoms with van der Waals surface area (Å²) in [6.07, 6.45) is 0. The van der Waals surface area contributed by atoms with E-state index in [-0.39, 0.29) is 24.5 Å². The number of carbonyl (C=O) groups excluding carboxylic acids is 1. The standard InChI is InChI=1S/C5H7O4P/c6-4-2-8-1-3(4)5(7)9-10/h6H,1-2,10H2. The Bertz CT molecular complexity index is 186. The molecule has 1 aliphatic heterocycles. The van der Waals surface area contributed by atoms with Crippen LogP contribution in [0.25, 0.3) is 0 Å². The molecule has 0 saturated carbocycles. The molecule has 0 saturated heterocycles. The number of hydrogen-bond acceptors (Lipinski definition) is 4. The highest BCUT2D eigenvalue weighted by Crippen LogP contribution is 2.13. The van der Waals surface area contributed by atoms with Gasteiger partial charge in [-0.05, 0) is 0 Å². The minimum Gasteiger partial charge on any atom is -0.509 e. The van der Waals surface area contributed by atoms with E-state index < -0.39 is 5.97 Å². The molecule has 0 radical (unpaired) electrons. The molecule has 0 fully saturated rings. The smallest absolute Gasteiger partial charge is 0.342 e. The Morgan fingerprint density at radius 1 is 1.70 bits per heavy atom. The van der Waals surface area contributed by atoms with Gasteiger partial charge in [-0.3, -0.25) is 0 Å². The van der Waals surface area contributed by atoms with Crippen LogP contribution in [0, 0.1) is 0 Å². The van der Waals surface area contributed by atoms with Crippen LogP contribution in [0.3, 0.4) is 0 Å². The van der Waals surface area contributed by atoms with Crippen molar-refractivity contribution in [3.05, 3.63) is 11.3 Å². The summed E-state index contributed by atoms with van der Waals surface area (Å²) < 4.78 is 9.04. The molecule has 0 aromatic carbocycles. The molecule has 1 atom stereocenters. The van der Waals surface area contributed by atoms with Crippen molar-refractivity contribution in [1.82, 2.24) is 0 Å². The molecule has 10 heavy (non-hydrogen) atoms. The van der Waals surface area contributed by atoms with Crippen LogP contribution in [0.2, 0.25) is 0 Å². The number of aliphatic hydroxyl groups excluding tert-OH is 1. The molecule has 1 aliphatic rings. The van der Waals surface area contributed by atoms with Gasteiger partial charge in [-0.25, -0.2) is 4.79 Å². The largest absolute Gasteiger partial charge is 0.509 e. The van der Waals surface area contributed by atoms with Crippen molar-refractivity contribution in [3.8, 4) is 0 Å². The third-order valence-electron chi connectivity index (χ3n) is 1.19. The Balaban J connectivity index is 2.71. The summed E-state index contributed by atoms with van der Waals surface area (Å²) >= 11 is 0. The summed E-state index contributed by atoms with van der Waals surface area (Å²) in [6, 6.07) is 0. The highest BCUT2D eigenvalue weighted by molar-refractivity contribution is 7.10. The van der Waals surface area contributed by atoms with Gasteiger partial charge in [-0.15, -0.1) is 0 Å². The molecule has 1 N–H and O–H groups in total. The maximum atomic E-state index is 10.7. The fourth-order valence-electron chi connectivity index (χ4n) is 0.668. The molecule has 0 aliphatic carbocycles. The molecular formula is C5H7O4P. The van der Waals surface area contributed by atoms with Crippen LogP contribution in [0.5, 0.6) is 0 Å². The van der Waals surface area contributed by atoms with Crippen LogP contribution >= 0.6 is 9.47 Å². The lowest BCUT2D eigenvalue weighted by Gasteiger charge is -1.95. The summed E-state index contributed by atoms with van der Waals surface area (Å²) in [5.74, 6) is -0.590. The molecule has 0 spiro atoms. The monoisotopic (exact) mass is 162 g/mol. The van der Waals surface area contributed by atoms with Gasteiger partial charge in [-0.1, -0.05) is 0 Å². The summed E-state index contributed by atoms with van der Waals surface area (Å²) in [5.41, 5.74) is 0.204. The summed E-state index contributed by atoms with van der Waals surface area (Å²) in [4.78, 5) is 10.7. The van der Waals surface area contributed by atoms with E-state index in [1.807, 2.05) is 9.47 Å². The summed E-state index contributed by atoms with van der Waals surface area (Å²) in [6.45, 7) is 0.244. The Morgan fingerprint density at radius 2 is 2.40 bits per heavy atom. The second-order valence-electron chi connectivity index (χ2n) is 1.82. The van der Waals surface area contributed by atoms with Crippen molar-refractivity contribution < 1.29 is 19.2 Å². The first-order valence-electron chi connectivity index (χ1n) is 2.65. The molecule has 1 unspecified atom stereocenters. The van der Waals surface area contributed by atoms with Crippen LogP contribution in [0.4, 0.5) is 0 Å². The second-order valence-corrected chi connectivity index (χ2v) is 2.06. The van der Waals surface area contributed by atoms with E-state index in [0.717, 1.165) is 0 Å². The maximum Gasteiger partial charge on any atom is 0.342 e. The lowest BCUT2D eigenvalue weighted by atomic mass is 10.3. The van der Waals surface area contributed by atoms with E-state index in [1.54, 1.807) is 0 Å². The Kier molecular flexibility index (Phi) is 2.25. The molecule has 56 valence electrons. The zero-order chi connectivity index (χ0) is 7.56. The lowest BCUT2D eigenvalue weighted by Crippen LogP contribution is -2.04. The zero-order valence-electron chi connectivity index (χ0n) is 5.16.